The molecule has 3 aromatic rings. The lowest BCUT2D eigenvalue weighted by Gasteiger charge is -2.54. The largest absolute Gasteiger partial charge is 0.326 e. The standard InChI is InChI=1S/C31H27Cl3N2O3/c1-18-23(32)14-9-15-24(18)35-25(37)16-3-2-8-17-36-28(38)26-27(29(36)39)31(34)20-11-5-4-10-19(20)30(26,33)21-12-6-7-13-22(21)31/h4-7,9-15,26-27H,2-3,8,16-17H2,1H3,(H,35,37)/t26-,27+,30?,31?. The van der Waals surface area contributed by atoms with Gasteiger partial charge < -0.3 is 5.32 Å². The summed E-state index contributed by atoms with van der Waals surface area (Å²) in [5, 5.41) is 3.50. The van der Waals surface area contributed by atoms with Crippen LogP contribution >= 0.6 is 34.8 Å². The molecule has 0 aromatic heterocycles. The summed E-state index contributed by atoms with van der Waals surface area (Å²) in [4.78, 5) is 39.1. The summed E-state index contributed by atoms with van der Waals surface area (Å²) < 4.78 is 0. The Labute approximate surface area is 242 Å². The minimum absolute atomic E-state index is 0.0972. The van der Waals surface area contributed by atoms with Crippen molar-refractivity contribution in [2.45, 2.75) is 42.4 Å². The Morgan fingerprint density at radius 1 is 0.795 bits per heavy atom. The lowest BCUT2D eigenvalue weighted by molar-refractivity contribution is -0.140. The van der Waals surface area contributed by atoms with Crippen LogP contribution in [-0.2, 0) is 24.1 Å². The van der Waals surface area contributed by atoms with Gasteiger partial charge in [0.1, 0.15) is 9.75 Å². The van der Waals surface area contributed by atoms with Crippen LogP contribution < -0.4 is 5.32 Å². The summed E-state index contributed by atoms with van der Waals surface area (Å²) in [7, 11) is 0. The molecular weight excluding hydrogens is 555 g/mol. The van der Waals surface area contributed by atoms with Crippen molar-refractivity contribution < 1.29 is 14.4 Å². The van der Waals surface area contributed by atoms with Crippen molar-refractivity contribution in [3.05, 3.63) is 99.6 Å². The molecular formula is C31H27Cl3N2O3. The molecule has 1 fully saturated rings. The highest BCUT2D eigenvalue weighted by Crippen LogP contribution is 2.69. The third kappa shape index (κ3) is 3.77. The van der Waals surface area contributed by atoms with Crippen molar-refractivity contribution >= 4 is 58.2 Å². The molecule has 8 heteroatoms. The van der Waals surface area contributed by atoms with Gasteiger partial charge in [0.25, 0.3) is 0 Å². The van der Waals surface area contributed by atoms with Crippen molar-refractivity contribution in [2.75, 3.05) is 11.9 Å². The number of unbranched alkanes of at least 4 members (excludes halogenated alkanes) is 2. The summed E-state index contributed by atoms with van der Waals surface area (Å²) in [6.45, 7) is 2.13. The van der Waals surface area contributed by atoms with Crippen LogP contribution in [0.5, 0.6) is 0 Å². The van der Waals surface area contributed by atoms with Crippen molar-refractivity contribution in [2.24, 2.45) is 11.8 Å². The van der Waals surface area contributed by atoms with Crippen LogP contribution in [0.2, 0.25) is 5.02 Å². The van der Waals surface area contributed by atoms with E-state index in [4.69, 9.17) is 34.8 Å². The second kappa shape index (κ2) is 9.65. The molecule has 2 bridgehead atoms. The topological polar surface area (TPSA) is 66.5 Å². The second-order valence-corrected chi connectivity index (χ2v) is 12.2. The number of likely N-dealkylation sites (tertiary alicyclic amines) is 1. The van der Waals surface area contributed by atoms with E-state index >= 15 is 0 Å². The average Bonchev–Trinajstić information content (AvgIpc) is 3.20. The van der Waals surface area contributed by atoms with E-state index in [9.17, 15) is 14.4 Å². The van der Waals surface area contributed by atoms with Crippen molar-refractivity contribution in [3.8, 4) is 0 Å². The SMILES string of the molecule is Cc1c(Cl)cccc1NC(=O)CCCCCN1C(=O)[C@@H]2[C@H](C1=O)C1(Cl)c3ccccc3C2(Cl)c2ccccc21. The van der Waals surface area contributed by atoms with Gasteiger partial charge in [0.2, 0.25) is 17.7 Å². The highest BCUT2D eigenvalue weighted by Gasteiger charge is 2.72. The number of amides is 3. The molecule has 0 spiro atoms. The molecule has 1 N–H and O–H groups in total. The Kier molecular flexibility index (Phi) is 6.53. The van der Waals surface area contributed by atoms with Gasteiger partial charge in [-0.1, -0.05) is 72.6 Å². The number of nitrogens with zero attached hydrogens (tertiary/aromatic N) is 1. The number of carbonyl (C=O) groups excluding carboxylic acids is 3. The molecule has 1 aliphatic heterocycles. The first kappa shape index (κ1) is 26.4. The number of hydrogen-bond donors (Lipinski definition) is 1. The Morgan fingerprint density at radius 3 is 1.82 bits per heavy atom. The monoisotopic (exact) mass is 580 g/mol. The molecule has 7 rings (SSSR count). The van der Waals surface area contributed by atoms with E-state index in [0.29, 0.717) is 36.4 Å². The molecule has 3 amide bonds. The minimum atomic E-state index is -1.16. The summed E-state index contributed by atoms with van der Waals surface area (Å²) in [5.74, 6) is -2.20. The second-order valence-electron chi connectivity index (χ2n) is 10.6. The van der Waals surface area contributed by atoms with Crippen LogP contribution in [0.1, 0.15) is 53.5 Å². The van der Waals surface area contributed by atoms with Gasteiger partial charge in [0, 0.05) is 23.7 Å². The maximum absolute atomic E-state index is 13.8. The summed E-state index contributed by atoms with van der Waals surface area (Å²) >= 11 is 21.0. The Bertz CT molecular complexity index is 1400. The van der Waals surface area contributed by atoms with Crippen LogP contribution in [0.15, 0.2) is 66.7 Å². The zero-order chi connectivity index (χ0) is 27.5. The smallest absolute Gasteiger partial charge is 0.235 e. The highest BCUT2D eigenvalue weighted by molar-refractivity contribution is 6.36. The minimum Gasteiger partial charge on any atom is -0.326 e. The molecule has 0 unspecified atom stereocenters. The number of imide groups is 1. The Morgan fingerprint density at radius 2 is 1.31 bits per heavy atom. The predicted molar refractivity (Wildman–Crippen MR) is 153 cm³/mol. The number of benzene rings is 3. The van der Waals surface area contributed by atoms with E-state index in [0.717, 1.165) is 27.8 Å². The first-order valence-corrected chi connectivity index (χ1v) is 14.3. The number of rotatable bonds is 7. The summed E-state index contributed by atoms with van der Waals surface area (Å²) in [6, 6.07) is 20.6. The van der Waals surface area contributed by atoms with E-state index in [-0.39, 0.29) is 24.3 Å². The maximum Gasteiger partial charge on any atom is 0.235 e. The third-order valence-electron chi connectivity index (χ3n) is 8.50. The van der Waals surface area contributed by atoms with Crippen molar-refractivity contribution in [1.82, 2.24) is 4.90 Å². The molecule has 0 radical (unpaired) electrons. The molecule has 3 aliphatic carbocycles. The Hall–Kier alpha value is -2.86. The molecule has 2 atom stereocenters. The van der Waals surface area contributed by atoms with E-state index < -0.39 is 21.6 Å². The number of carbonyl (C=O) groups is 3. The van der Waals surface area contributed by atoms with E-state index in [1.807, 2.05) is 61.5 Å². The van der Waals surface area contributed by atoms with Gasteiger partial charge in [0.05, 0.1) is 11.8 Å². The van der Waals surface area contributed by atoms with Gasteiger partial charge in [-0.25, -0.2) is 0 Å². The molecule has 1 saturated heterocycles. The lowest BCUT2D eigenvalue weighted by atomic mass is 9.54. The van der Waals surface area contributed by atoms with Gasteiger partial charge in [-0.15, -0.1) is 23.2 Å². The van der Waals surface area contributed by atoms with Crippen LogP contribution in [-0.4, -0.2) is 29.2 Å². The van der Waals surface area contributed by atoms with Gasteiger partial charge in [-0.05, 0) is 59.7 Å². The van der Waals surface area contributed by atoms with E-state index in [1.54, 1.807) is 12.1 Å². The third-order valence-corrected chi connectivity index (χ3v) is 10.2. The normalized spacial score (nSPS) is 26.3. The van der Waals surface area contributed by atoms with Gasteiger partial charge >= 0.3 is 0 Å². The lowest BCUT2D eigenvalue weighted by Crippen LogP contribution is -2.57. The predicted octanol–water partition coefficient (Wildman–Crippen LogP) is 6.74. The first-order valence-electron chi connectivity index (χ1n) is 13.2. The van der Waals surface area contributed by atoms with E-state index in [1.165, 1.54) is 4.90 Å². The van der Waals surface area contributed by atoms with Crippen LogP contribution in [0.3, 0.4) is 0 Å². The molecule has 39 heavy (non-hydrogen) atoms. The molecule has 0 saturated carbocycles. The van der Waals surface area contributed by atoms with Crippen molar-refractivity contribution in [1.29, 1.82) is 0 Å². The van der Waals surface area contributed by atoms with Crippen LogP contribution in [0, 0.1) is 18.8 Å². The quantitative estimate of drug-likeness (QED) is 0.191. The number of alkyl halides is 2. The van der Waals surface area contributed by atoms with Gasteiger partial charge in [0.15, 0.2) is 0 Å². The highest BCUT2D eigenvalue weighted by atomic mass is 35.5. The summed E-state index contributed by atoms with van der Waals surface area (Å²) in [6.07, 6.45) is 2.24. The number of nitrogens with one attached hydrogen (secondary N) is 1. The number of hydrogen-bond acceptors (Lipinski definition) is 3. The maximum atomic E-state index is 13.8. The fourth-order valence-corrected chi connectivity index (χ4v) is 7.91. The molecule has 1 heterocycles. The van der Waals surface area contributed by atoms with E-state index in [2.05, 4.69) is 5.32 Å². The first-order chi connectivity index (χ1) is 18.7. The van der Waals surface area contributed by atoms with Crippen LogP contribution in [0.25, 0.3) is 0 Å². The summed E-state index contributed by atoms with van der Waals surface area (Å²) in [5.41, 5.74) is 4.71. The fraction of sp³-hybridized carbons (Fsp3) is 0.323. The molecule has 4 aliphatic rings. The van der Waals surface area contributed by atoms with Crippen molar-refractivity contribution in [3.63, 3.8) is 0 Å². The Balaban J connectivity index is 1.16. The molecule has 200 valence electrons. The zero-order valence-electron chi connectivity index (χ0n) is 21.3. The van der Waals surface area contributed by atoms with Crippen LogP contribution in [0.4, 0.5) is 5.69 Å². The van der Waals surface area contributed by atoms with Gasteiger partial charge in [-0.2, -0.15) is 0 Å². The fourth-order valence-electron chi connectivity index (χ4n) is 6.63. The average molecular weight is 582 g/mol. The zero-order valence-corrected chi connectivity index (χ0v) is 23.6. The molecule has 5 nitrogen and oxygen atoms in total. The number of anilines is 1. The van der Waals surface area contributed by atoms with Gasteiger partial charge in [-0.3, -0.25) is 19.3 Å². The number of halogens is 3. The molecule has 3 aromatic carbocycles.